The Hall–Kier alpha value is -3.78. The number of amides is 4. The fourth-order valence-corrected chi connectivity index (χ4v) is 6.28. The summed E-state index contributed by atoms with van der Waals surface area (Å²) in [6.07, 6.45) is 3.69. The quantitative estimate of drug-likeness (QED) is 0.295. The van der Waals surface area contributed by atoms with Crippen molar-refractivity contribution in [3.05, 3.63) is 69.4 Å². The summed E-state index contributed by atoms with van der Waals surface area (Å²) in [5.41, 5.74) is 5.25. The maximum absolute atomic E-state index is 13.3. The number of ether oxygens (including phenoxy) is 1. The highest BCUT2D eigenvalue weighted by atomic mass is 35.5. The van der Waals surface area contributed by atoms with E-state index in [4.69, 9.17) is 27.9 Å². The lowest BCUT2D eigenvalue weighted by Gasteiger charge is -2.37. The molecule has 5 rings (SSSR count). The molecule has 0 aromatic heterocycles. The Kier molecular flexibility index (Phi) is 10.6. The Morgan fingerprint density at radius 3 is 2.52 bits per heavy atom. The van der Waals surface area contributed by atoms with E-state index in [1.165, 1.54) is 17.0 Å². The van der Waals surface area contributed by atoms with Crippen LogP contribution in [0.2, 0.25) is 10.0 Å². The number of aromatic hydroxyl groups is 1. The molecule has 2 aromatic carbocycles. The molecule has 2 saturated heterocycles. The summed E-state index contributed by atoms with van der Waals surface area (Å²) >= 11 is 12.2. The minimum Gasteiger partial charge on any atom is -0.505 e. The van der Waals surface area contributed by atoms with Gasteiger partial charge >= 0.3 is 12.1 Å². The molecule has 1 atom stereocenters. The van der Waals surface area contributed by atoms with Gasteiger partial charge < -0.3 is 30.3 Å². The smallest absolute Gasteiger partial charge is 0.410 e. The monoisotopic (exact) mass is 639 g/mol. The molecule has 0 saturated carbocycles. The van der Waals surface area contributed by atoms with Crippen molar-refractivity contribution in [3.8, 4) is 5.75 Å². The third kappa shape index (κ3) is 8.03. The fourth-order valence-electron chi connectivity index (χ4n) is 5.75. The summed E-state index contributed by atoms with van der Waals surface area (Å²) < 4.78 is 5.69. The molecular weight excluding hydrogens is 605 g/mol. The van der Waals surface area contributed by atoms with E-state index in [0.29, 0.717) is 44.0 Å². The van der Waals surface area contributed by atoms with Crippen LogP contribution in [-0.4, -0.2) is 83.7 Å². The molecule has 0 radical (unpaired) electrons. The van der Waals surface area contributed by atoms with Gasteiger partial charge in [-0.2, -0.15) is 4.99 Å². The molecule has 3 aliphatic heterocycles. The number of rotatable bonds is 6. The average Bonchev–Trinajstić information content (AvgIpc) is 3.20. The van der Waals surface area contributed by atoms with Gasteiger partial charge in [0.05, 0.1) is 10.0 Å². The van der Waals surface area contributed by atoms with Crippen LogP contribution in [-0.2, 0) is 22.4 Å². The number of nitrogens with zero attached hydrogens (tertiary/aromatic N) is 3. The molecule has 0 bridgehead atoms. The summed E-state index contributed by atoms with van der Waals surface area (Å²) in [7, 11) is 0. The number of halogens is 2. The zero-order valence-electron chi connectivity index (χ0n) is 24.2. The van der Waals surface area contributed by atoms with E-state index in [1.54, 1.807) is 0 Å². The van der Waals surface area contributed by atoms with Crippen LogP contribution >= 0.6 is 23.2 Å². The Morgan fingerprint density at radius 1 is 1.09 bits per heavy atom. The maximum atomic E-state index is 13.3. The number of hydrogen-bond donors (Lipinski definition) is 3. The van der Waals surface area contributed by atoms with Crippen molar-refractivity contribution in [2.45, 2.75) is 50.7 Å². The van der Waals surface area contributed by atoms with Gasteiger partial charge in [-0.3, -0.25) is 4.79 Å². The van der Waals surface area contributed by atoms with Crippen molar-refractivity contribution in [1.82, 2.24) is 15.1 Å². The van der Waals surface area contributed by atoms with E-state index in [2.05, 4.69) is 27.2 Å². The standard InChI is InChI=1S/C32H35Cl2N5O5/c33-25-18-22(19-26(34)29(25)40)20-28(30(41)36-12-3-4-21-7-13-35-14-8-21)44-32(43)38-15-10-24(11-16-38)39-17-9-23-5-1-2-6-27(23)37-31(39)42/h1-2,4-6,18-19,21,24,28,35,40H,7-11,13-17,20H2,(H,37,42)/t28-/m1/s1. The average molecular weight is 641 g/mol. The van der Waals surface area contributed by atoms with Crippen molar-refractivity contribution in [2.75, 3.05) is 38.0 Å². The normalized spacial score (nSPS) is 18.2. The number of phenolic OH excluding ortho intramolecular Hbond substituents is 1. The number of piperidine rings is 2. The first kappa shape index (κ1) is 31.6. The predicted octanol–water partition coefficient (Wildman–Crippen LogP) is 5.21. The molecule has 44 heavy (non-hydrogen) atoms. The second-order valence-corrected chi connectivity index (χ2v) is 12.0. The SMILES string of the molecule is O=C(N=C=C=CC1CCNCC1)[C@@H](Cc1cc(Cl)c(O)c(Cl)c1)OC(=O)N1CCC(N2CCc3ccccc3NC2=O)CC1. The Labute approximate surface area is 266 Å². The zero-order valence-corrected chi connectivity index (χ0v) is 25.7. The zero-order chi connectivity index (χ0) is 31.1. The van der Waals surface area contributed by atoms with Crippen molar-refractivity contribution >= 4 is 52.8 Å². The largest absolute Gasteiger partial charge is 0.505 e. The molecular formula is C32H35Cl2N5O5. The van der Waals surface area contributed by atoms with E-state index in [0.717, 1.165) is 43.6 Å². The Morgan fingerprint density at radius 2 is 1.80 bits per heavy atom. The van der Waals surface area contributed by atoms with Gasteiger partial charge in [-0.05, 0) is 86.5 Å². The van der Waals surface area contributed by atoms with E-state index >= 15 is 0 Å². The van der Waals surface area contributed by atoms with Crippen LogP contribution in [0.1, 0.15) is 36.8 Å². The number of urea groups is 1. The van der Waals surface area contributed by atoms with E-state index in [-0.39, 0.29) is 34.3 Å². The van der Waals surface area contributed by atoms with Crippen LogP contribution in [0.5, 0.6) is 5.75 Å². The lowest BCUT2D eigenvalue weighted by molar-refractivity contribution is -0.126. The molecule has 0 aliphatic carbocycles. The van der Waals surface area contributed by atoms with Gasteiger partial charge in [-0.25, -0.2) is 9.59 Å². The minimum absolute atomic E-state index is 0.0149. The molecule has 232 valence electrons. The van der Waals surface area contributed by atoms with Crippen LogP contribution < -0.4 is 10.6 Å². The van der Waals surface area contributed by atoms with Crippen LogP contribution in [0.4, 0.5) is 15.3 Å². The van der Waals surface area contributed by atoms with Gasteiger partial charge in [-0.15, -0.1) is 0 Å². The van der Waals surface area contributed by atoms with E-state index < -0.39 is 18.1 Å². The number of benzene rings is 2. The highest BCUT2D eigenvalue weighted by molar-refractivity contribution is 6.37. The number of nitrogens with one attached hydrogen (secondary N) is 2. The van der Waals surface area contributed by atoms with Gasteiger partial charge in [0.15, 0.2) is 11.9 Å². The Balaban J connectivity index is 1.23. The maximum Gasteiger partial charge on any atom is 0.410 e. The molecule has 2 fully saturated rings. The summed E-state index contributed by atoms with van der Waals surface area (Å²) in [5, 5.41) is 16.3. The van der Waals surface area contributed by atoms with Crippen LogP contribution in [0.25, 0.3) is 0 Å². The summed E-state index contributed by atoms with van der Waals surface area (Å²) in [4.78, 5) is 46.6. The fraction of sp³-hybridized carbons (Fsp3) is 0.438. The number of allylic oxidation sites excluding steroid dienone is 1. The number of likely N-dealkylation sites (tertiary alicyclic amines) is 1. The second kappa shape index (κ2) is 14.8. The highest BCUT2D eigenvalue weighted by Crippen LogP contribution is 2.33. The number of phenols is 1. The number of aliphatic imine (C=N–C) groups is 1. The molecule has 4 amide bonds. The molecule has 0 spiro atoms. The summed E-state index contributed by atoms with van der Waals surface area (Å²) in [5.74, 6) is 1.91. The molecule has 10 nitrogen and oxygen atoms in total. The van der Waals surface area contributed by atoms with Gasteiger partial charge in [0, 0.05) is 43.7 Å². The highest BCUT2D eigenvalue weighted by Gasteiger charge is 2.33. The van der Waals surface area contributed by atoms with Crippen LogP contribution in [0, 0.1) is 5.92 Å². The van der Waals surface area contributed by atoms with Crippen molar-refractivity contribution < 1.29 is 24.2 Å². The topological polar surface area (TPSA) is 124 Å². The predicted molar refractivity (Wildman–Crippen MR) is 169 cm³/mol. The van der Waals surface area contributed by atoms with Gasteiger partial charge in [0.2, 0.25) is 0 Å². The minimum atomic E-state index is -1.28. The first-order valence-corrected chi connectivity index (χ1v) is 15.6. The van der Waals surface area contributed by atoms with Gasteiger partial charge in [0.25, 0.3) is 5.91 Å². The Bertz CT molecular complexity index is 1470. The van der Waals surface area contributed by atoms with E-state index in [1.807, 2.05) is 35.2 Å². The van der Waals surface area contributed by atoms with Crippen molar-refractivity contribution in [1.29, 1.82) is 0 Å². The molecule has 3 N–H and O–H groups in total. The third-order valence-corrected chi connectivity index (χ3v) is 8.83. The first-order valence-electron chi connectivity index (χ1n) is 14.9. The summed E-state index contributed by atoms with van der Waals surface area (Å²) in [6.45, 7) is 3.15. The number of para-hydroxylation sites is 1. The number of hydrogen-bond acceptors (Lipinski definition) is 6. The van der Waals surface area contributed by atoms with Crippen LogP contribution in [0.15, 0.2) is 53.2 Å². The molecule has 3 aliphatic rings. The van der Waals surface area contributed by atoms with Crippen molar-refractivity contribution in [2.24, 2.45) is 10.9 Å². The first-order chi connectivity index (χ1) is 21.3. The number of anilines is 1. The molecule has 3 heterocycles. The number of fused-ring (bicyclic) bond motifs is 1. The van der Waals surface area contributed by atoms with Crippen molar-refractivity contribution in [3.63, 3.8) is 0 Å². The lowest BCUT2D eigenvalue weighted by Crippen LogP contribution is -2.50. The molecule has 12 heteroatoms. The molecule has 0 unspecified atom stereocenters. The number of carbonyl (C=O) groups excluding carboxylic acids is 3. The lowest BCUT2D eigenvalue weighted by atomic mass is 9.98. The van der Waals surface area contributed by atoms with Crippen LogP contribution in [0.3, 0.4) is 0 Å². The third-order valence-electron chi connectivity index (χ3n) is 8.26. The number of carbonyl (C=O) groups is 3. The second-order valence-electron chi connectivity index (χ2n) is 11.2. The molecule has 2 aromatic rings. The summed E-state index contributed by atoms with van der Waals surface area (Å²) in [6, 6.07) is 10.5. The van der Waals surface area contributed by atoms with Gasteiger partial charge in [-0.1, -0.05) is 47.1 Å². The van der Waals surface area contributed by atoms with Gasteiger partial charge in [0.1, 0.15) is 0 Å². The van der Waals surface area contributed by atoms with E-state index in [9.17, 15) is 19.5 Å².